The summed E-state index contributed by atoms with van der Waals surface area (Å²) in [5.74, 6) is -0.786. The topological polar surface area (TPSA) is 75.6 Å². The van der Waals surface area contributed by atoms with E-state index in [0.717, 1.165) is 17.2 Å². The van der Waals surface area contributed by atoms with E-state index in [1.54, 1.807) is 6.07 Å². The second-order valence-electron chi connectivity index (χ2n) is 8.00. The lowest BCUT2D eigenvalue weighted by Crippen LogP contribution is -2.49. The normalized spacial score (nSPS) is 12.4. The van der Waals surface area contributed by atoms with Gasteiger partial charge in [0, 0.05) is 5.39 Å². The fraction of sp³-hybridized carbons (Fsp3) is 0.280. The highest BCUT2D eigenvalue weighted by molar-refractivity contribution is 6.05. The first-order valence-electron chi connectivity index (χ1n) is 10.0. The third-order valence-corrected chi connectivity index (χ3v) is 5.25. The van der Waals surface area contributed by atoms with Crippen LogP contribution in [-0.2, 0) is 4.79 Å². The number of carboxylic acid groups (broad SMARTS) is 1. The molecule has 0 aliphatic carbocycles. The number of carbonyl (C=O) groups is 2. The van der Waals surface area contributed by atoms with Crippen molar-refractivity contribution in [1.82, 2.24) is 5.32 Å². The standard InChI is InChI=1S/C25H27NO4/c1-17(18-9-5-4-6-10-18)15-16-30-22-20-12-8-7-11-19(20)13-14-21(22)23(27)26-25(2,3)24(28)29/h4-14,17H,15-16H2,1-3H3,(H,26,27)(H,28,29). The van der Waals surface area contributed by atoms with Gasteiger partial charge in [0.25, 0.3) is 5.91 Å². The highest BCUT2D eigenvalue weighted by atomic mass is 16.5. The van der Waals surface area contributed by atoms with Crippen molar-refractivity contribution in [3.63, 3.8) is 0 Å². The van der Waals surface area contributed by atoms with Crippen molar-refractivity contribution >= 4 is 22.6 Å². The molecule has 0 heterocycles. The summed E-state index contributed by atoms with van der Waals surface area (Å²) in [5.41, 5.74) is 0.178. The molecule has 1 atom stereocenters. The van der Waals surface area contributed by atoms with Crippen molar-refractivity contribution in [3.05, 3.63) is 77.9 Å². The van der Waals surface area contributed by atoms with E-state index >= 15 is 0 Å². The minimum Gasteiger partial charge on any atom is -0.492 e. The quantitative estimate of drug-likeness (QED) is 0.553. The molecule has 0 bridgehead atoms. The summed E-state index contributed by atoms with van der Waals surface area (Å²) >= 11 is 0. The van der Waals surface area contributed by atoms with Crippen LogP contribution in [0.25, 0.3) is 10.8 Å². The number of carboxylic acids is 1. The summed E-state index contributed by atoms with van der Waals surface area (Å²) in [6, 6.07) is 21.4. The molecule has 3 aromatic rings. The minimum absolute atomic E-state index is 0.310. The molecule has 0 aromatic heterocycles. The molecule has 3 aromatic carbocycles. The Morgan fingerprint density at radius 3 is 2.37 bits per heavy atom. The molecule has 0 spiro atoms. The van der Waals surface area contributed by atoms with Gasteiger partial charge in [0.2, 0.25) is 0 Å². The van der Waals surface area contributed by atoms with Gasteiger partial charge in [-0.25, -0.2) is 4.79 Å². The molecule has 0 radical (unpaired) electrons. The maximum atomic E-state index is 12.9. The van der Waals surface area contributed by atoms with Gasteiger partial charge in [-0.2, -0.15) is 0 Å². The molecule has 0 aliphatic heterocycles. The summed E-state index contributed by atoms with van der Waals surface area (Å²) in [6.45, 7) is 5.49. The predicted molar refractivity (Wildman–Crippen MR) is 118 cm³/mol. The third kappa shape index (κ3) is 4.79. The molecular formula is C25H27NO4. The first-order chi connectivity index (χ1) is 14.3. The van der Waals surface area contributed by atoms with Gasteiger partial charge in [-0.05, 0) is 43.2 Å². The zero-order valence-corrected chi connectivity index (χ0v) is 17.5. The largest absolute Gasteiger partial charge is 0.492 e. The second-order valence-corrected chi connectivity index (χ2v) is 8.00. The van der Waals surface area contributed by atoms with E-state index in [4.69, 9.17) is 4.74 Å². The smallest absolute Gasteiger partial charge is 0.328 e. The van der Waals surface area contributed by atoms with Gasteiger partial charge in [-0.15, -0.1) is 0 Å². The fourth-order valence-electron chi connectivity index (χ4n) is 3.27. The monoisotopic (exact) mass is 405 g/mol. The molecule has 0 aliphatic rings. The zero-order chi connectivity index (χ0) is 21.7. The van der Waals surface area contributed by atoms with E-state index in [0.29, 0.717) is 23.8 Å². The highest BCUT2D eigenvalue weighted by Crippen LogP contribution is 2.31. The summed E-state index contributed by atoms with van der Waals surface area (Å²) < 4.78 is 6.13. The van der Waals surface area contributed by atoms with Gasteiger partial charge in [0.05, 0.1) is 12.2 Å². The molecule has 0 saturated carbocycles. The average molecular weight is 405 g/mol. The Hall–Kier alpha value is -3.34. The van der Waals surface area contributed by atoms with E-state index in [-0.39, 0.29) is 0 Å². The summed E-state index contributed by atoms with van der Waals surface area (Å²) in [6.07, 6.45) is 0.787. The Kier molecular flexibility index (Phi) is 6.40. The fourth-order valence-corrected chi connectivity index (χ4v) is 3.27. The number of benzene rings is 3. The number of carbonyl (C=O) groups excluding carboxylic acids is 1. The molecular weight excluding hydrogens is 378 g/mol. The van der Waals surface area contributed by atoms with Crippen molar-refractivity contribution in [3.8, 4) is 5.75 Å². The van der Waals surface area contributed by atoms with E-state index in [2.05, 4.69) is 24.4 Å². The van der Waals surface area contributed by atoms with E-state index in [1.807, 2.05) is 48.5 Å². The first-order valence-corrected chi connectivity index (χ1v) is 10.0. The second kappa shape index (κ2) is 8.99. The lowest BCUT2D eigenvalue weighted by molar-refractivity contribution is -0.143. The van der Waals surface area contributed by atoms with Gasteiger partial charge in [0.15, 0.2) is 0 Å². The Labute approximate surface area is 176 Å². The van der Waals surface area contributed by atoms with Crippen LogP contribution in [0.15, 0.2) is 66.7 Å². The van der Waals surface area contributed by atoms with E-state index in [9.17, 15) is 14.7 Å². The van der Waals surface area contributed by atoms with Crippen molar-refractivity contribution in [2.75, 3.05) is 6.61 Å². The first kappa shape index (κ1) is 21.4. The molecule has 5 nitrogen and oxygen atoms in total. The summed E-state index contributed by atoms with van der Waals surface area (Å²) in [7, 11) is 0. The van der Waals surface area contributed by atoms with Crippen LogP contribution < -0.4 is 10.1 Å². The van der Waals surface area contributed by atoms with Crippen molar-refractivity contribution in [2.24, 2.45) is 0 Å². The van der Waals surface area contributed by atoms with Gasteiger partial charge >= 0.3 is 5.97 Å². The van der Waals surface area contributed by atoms with Crippen LogP contribution in [0.3, 0.4) is 0 Å². The number of fused-ring (bicyclic) bond motifs is 1. The third-order valence-electron chi connectivity index (χ3n) is 5.25. The summed E-state index contributed by atoms with van der Waals surface area (Å²) in [5, 5.41) is 13.7. The van der Waals surface area contributed by atoms with Gasteiger partial charge in [0.1, 0.15) is 11.3 Å². The van der Waals surface area contributed by atoms with Crippen LogP contribution >= 0.6 is 0 Å². The maximum absolute atomic E-state index is 12.9. The summed E-state index contributed by atoms with van der Waals surface area (Å²) in [4.78, 5) is 24.3. The molecule has 1 unspecified atom stereocenters. The molecule has 156 valence electrons. The molecule has 5 heteroatoms. The average Bonchev–Trinajstić information content (AvgIpc) is 2.73. The number of amides is 1. The van der Waals surface area contributed by atoms with Crippen molar-refractivity contribution in [1.29, 1.82) is 0 Å². The van der Waals surface area contributed by atoms with Crippen LogP contribution in [0.2, 0.25) is 0 Å². The molecule has 3 rings (SSSR count). The Morgan fingerprint density at radius 1 is 1.00 bits per heavy atom. The van der Waals surface area contributed by atoms with Gasteiger partial charge in [-0.3, -0.25) is 4.79 Å². The number of rotatable bonds is 8. The number of hydrogen-bond acceptors (Lipinski definition) is 3. The van der Waals surface area contributed by atoms with Crippen molar-refractivity contribution in [2.45, 2.75) is 38.6 Å². The Balaban J connectivity index is 1.85. The zero-order valence-electron chi connectivity index (χ0n) is 17.5. The number of ether oxygens (including phenoxy) is 1. The molecule has 2 N–H and O–H groups in total. The minimum atomic E-state index is -1.39. The van der Waals surface area contributed by atoms with Crippen molar-refractivity contribution < 1.29 is 19.4 Å². The van der Waals surface area contributed by atoms with Crippen LogP contribution in [0.5, 0.6) is 5.75 Å². The Morgan fingerprint density at radius 2 is 1.67 bits per heavy atom. The van der Waals surface area contributed by atoms with E-state index < -0.39 is 17.4 Å². The highest BCUT2D eigenvalue weighted by Gasteiger charge is 2.30. The SMILES string of the molecule is CC(CCOc1c(C(=O)NC(C)(C)C(=O)O)ccc2ccccc12)c1ccccc1. The van der Waals surface area contributed by atoms with Crippen LogP contribution in [0.1, 0.15) is 49.0 Å². The van der Waals surface area contributed by atoms with Gasteiger partial charge < -0.3 is 15.2 Å². The van der Waals surface area contributed by atoms with Crippen LogP contribution in [-0.4, -0.2) is 29.1 Å². The molecule has 0 fully saturated rings. The molecule has 30 heavy (non-hydrogen) atoms. The molecule has 0 saturated heterocycles. The molecule has 1 amide bonds. The van der Waals surface area contributed by atoms with Crippen LogP contribution in [0, 0.1) is 0 Å². The van der Waals surface area contributed by atoms with Gasteiger partial charge in [-0.1, -0.05) is 67.6 Å². The maximum Gasteiger partial charge on any atom is 0.328 e. The Bertz CT molecular complexity index is 1040. The number of nitrogens with one attached hydrogen (secondary N) is 1. The van der Waals surface area contributed by atoms with E-state index in [1.165, 1.54) is 19.4 Å². The van der Waals surface area contributed by atoms with Crippen LogP contribution in [0.4, 0.5) is 0 Å². The number of aliphatic carboxylic acids is 1. The lowest BCUT2D eigenvalue weighted by atomic mass is 9.98. The number of hydrogen-bond donors (Lipinski definition) is 2. The predicted octanol–water partition coefficient (Wildman–Crippen LogP) is 5.01. The lowest BCUT2D eigenvalue weighted by Gasteiger charge is -2.22.